The average Bonchev–Trinajstić information content (AvgIpc) is 2.65. The van der Waals surface area contributed by atoms with Gasteiger partial charge < -0.3 is 15.4 Å². The van der Waals surface area contributed by atoms with Crippen molar-refractivity contribution in [1.29, 1.82) is 0 Å². The molecule has 2 aromatic rings. The van der Waals surface area contributed by atoms with E-state index in [0.29, 0.717) is 11.3 Å². The third-order valence-electron chi connectivity index (χ3n) is 4.50. The number of aryl methyl sites for hydroxylation is 2. The minimum atomic E-state index is -0.547. The predicted molar refractivity (Wildman–Crippen MR) is 118 cm³/mol. The third kappa shape index (κ3) is 7.35. The van der Waals surface area contributed by atoms with E-state index in [1.807, 2.05) is 44.2 Å². The summed E-state index contributed by atoms with van der Waals surface area (Å²) >= 11 is 0. The molecule has 0 bridgehead atoms. The van der Waals surface area contributed by atoms with E-state index in [4.69, 9.17) is 4.74 Å². The molecule has 2 N–H and O–H groups in total. The minimum absolute atomic E-state index is 0.0113. The zero-order valence-electron chi connectivity index (χ0n) is 18.3. The average molecular weight is 411 g/mol. The van der Waals surface area contributed by atoms with Crippen LogP contribution in [0.4, 0.5) is 5.69 Å². The highest BCUT2D eigenvalue weighted by molar-refractivity contribution is 5.94. The fourth-order valence-electron chi connectivity index (χ4n) is 2.96. The molecular formula is C24H30N2O4. The number of hydrogen-bond acceptors (Lipinski definition) is 4. The van der Waals surface area contributed by atoms with Gasteiger partial charge in [-0.3, -0.25) is 14.4 Å². The van der Waals surface area contributed by atoms with Crippen molar-refractivity contribution in [2.75, 3.05) is 18.5 Å². The largest absolute Gasteiger partial charge is 0.456 e. The second-order valence-electron chi connectivity index (χ2n) is 8.42. The van der Waals surface area contributed by atoms with Crippen molar-refractivity contribution < 1.29 is 19.1 Å². The number of hydrogen-bond donors (Lipinski definition) is 2. The quantitative estimate of drug-likeness (QED) is 0.678. The maximum Gasteiger partial charge on any atom is 0.308 e. The topological polar surface area (TPSA) is 84.5 Å². The van der Waals surface area contributed by atoms with Crippen LogP contribution < -0.4 is 10.6 Å². The first-order chi connectivity index (χ1) is 14.0. The predicted octanol–water partition coefficient (Wildman–Crippen LogP) is 3.90. The Bertz CT molecular complexity index is 892. The first kappa shape index (κ1) is 23.1. The number of carbonyl (C=O) groups is 3. The summed E-state index contributed by atoms with van der Waals surface area (Å²) in [4.78, 5) is 36.0. The highest BCUT2D eigenvalue weighted by Crippen LogP contribution is 2.22. The Labute approximate surface area is 178 Å². The fraction of sp³-hybridized carbons (Fsp3) is 0.375. The maximum absolute atomic E-state index is 12.2. The Morgan fingerprint density at radius 1 is 0.933 bits per heavy atom. The van der Waals surface area contributed by atoms with E-state index in [1.165, 1.54) is 0 Å². The second-order valence-corrected chi connectivity index (χ2v) is 8.42. The van der Waals surface area contributed by atoms with Crippen molar-refractivity contribution in [3.63, 3.8) is 0 Å². The summed E-state index contributed by atoms with van der Waals surface area (Å²) in [5.74, 6) is -1.21. The zero-order chi connectivity index (χ0) is 22.3. The molecule has 2 rings (SSSR count). The van der Waals surface area contributed by atoms with Gasteiger partial charge in [-0.05, 0) is 60.2 Å². The molecule has 6 nitrogen and oxygen atoms in total. The van der Waals surface area contributed by atoms with Crippen LogP contribution >= 0.6 is 0 Å². The Morgan fingerprint density at radius 2 is 1.53 bits per heavy atom. The van der Waals surface area contributed by atoms with E-state index >= 15 is 0 Å². The van der Waals surface area contributed by atoms with Crippen LogP contribution in [-0.4, -0.2) is 30.9 Å². The van der Waals surface area contributed by atoms with Crippen molar-refractivity contribution in [3.05, 3.63) is 64.7 Å². The zero-order valence-corrected chi connectivity index (χ0v) is 18.3. The highest BCUT2D eigenvalue weighted by Gasteiger charge is 2.14. The van der Waals surface area contributed by atoms with E-state index in [1.54, 1.807) is 12.1 Å². The Kier molecular flexibility index (Phi) is 7.75. The standard InChI is InChI=1S/C24H30N2O4/c1-16-12-17(2)14-20(13-16)26-21(27)15-30-22(28)10-11-25-23(29)18-6-8-19(9-7-18)24(3,4)5/h6-9,12-14H,10-11,15H2,1-5H3,(H,25,29)(H,26,27). The lowest BCUT2D eigenvalue weighted by Crippen LogP contribution is -2.27. The fourth-order valence-corrected chi connectivity index (χ4v) is 2.96. The van der Waals surface area contributed by atoms with Crippen LogP contribution in [0.15, 0.2) is 42.5 Å². The van der Waals surface area contributed by atoms with Crippen molar-refractivity contribution in [1.82, 2.24) is 5.32 Å². The molecule has 160 valence electrons. The molecule has 0 aliphatic rings. The third-order valence-corrected chi connectivity index (χ3v) is 4.50. The van der Waals surface area contributed by atoms with Gasteiger partial charge in [-0.2, -0.15) is 0 Å². The van der Waals surface area contributed by atoms with Gasteiger partial charge in [-0.1, -0.05) is 39.0 Å². The lowest BCUT2D eigenvalue weighted by atomic mass is 9.87. The molecule has 2 amide bonds. The van der Waals surface area contributed by atoms with Crippen LogP contribution in [0, 0.1) is 13.8 Å². The Hall–Kier alpha value is -3.15. The van der Waals surface area contributed by atoms with E-state index in [9.17, 15) is 14.4 Å². The number of carbonyl (C=O) groups excluding carboxylic acids is 3. The van der Waals surface area contributed by atoms with Gasteiger partial charge in [0.1, 0.15) is 0 Å². The van der Waals surface area contributed by atoms with Gasteiger partial charge in [0.15, 0.2) is 6.61 Å². The normalized spacial score (nSPS) is 11.0. The van der Waals surface area contributed by atoms with Gasteiger partial charge in [-0.15, -0.1) is 0 Å². The number of ether oxygens (including phenoxy) is 1. The number of nitrogens with one attached hydrogen (secondary N) is 2. The molecular weight excluding hydrogens is 380 g/mol. The van der Waals surface area contributed by atoms with Gasteiger partial charge >= 0.3 is 5.97 Å². The summed E-state index contributed by atoms with van der Waals surface area (Å²) in [5.41, 5.74) is 4.42. The van der Waals surface area contributed by atoms with Crippen LogP contribution in [-0.2, 0) is 19.7 Å². The summed E-state index contributed by atoms with van der Waals surface area (Å²) < 4.78 is 4.97. The first-order valence-electron chi connectivity index (χ1n) is 9.97. The van der Waals surface area contributed by atoms with Crippen molar-refractivity contribution in [2.24, 2.45) is 0 Å². The summed E-state index contributed by atoms with van der Waals surface area (Å²) in [7, 11) is 0. The van der Waals surface area contributed by atoms with Crippen molar-refractivity contribution >= 4 is 23.5 Å². The van der Waals surface area contributed by atoms with Crippen LogP contribution in [0.25, 0.3) is 0 Å². The van der Waals surface area contributed by atoms with Gasteiger partial charge in [-0.25, -0.2) is 0 Å². The molecule has 0 saturated heterocycles. The number of rotatable bonds is 7. The molecule has 6 heteroatoms. The smallest absolute Gasteiger partial charge is 0.308 e. The molecule has 0 atom stereocenters. The van der Waals surface area contributed by atoms with E-state index in [0.717, 1.165) is 16.7 Å². The number of amides is 2. The number of esters is 1. The second kappa shape index (κ2) is 10.1. The van der Waals surface area contributed by atoms with E-state index in [-0.39, 0.29) is 30.9 Å². The molecule has 0 fully saturated rings. The van der Waals surface area contributed by atoms with Gasteiger partial charge in [0, 0.05) is 17.8 Å². The van der Waals surface area contributed by atoms with Crippen LogP contribution in [0.2, 0.25) is 0 Å². The molecule has 0 unspecified atom stereocenters. The first-order valence-corrected chi connectivity index (χ1v) is 9.97. The Morgan fingerprint density at radius 3 is 2.10 bits per heavy atom. The molecule has 0 heterocycles. The molecule has 0 aromatic heterocycles. The maximum atomic E-state index is 12.2. The molecule has 0 spiro atoms. The SMILES string of the molecule is Cc1cc(C)cc(NC(=O)COC(=O)CCNC(=O)c2ccc(C(C)(C)C)cc2)c1. The monoisotopic (exact) mass is 410 g/mol. The van der Waals surface area contributed by atoms with Crippen molar-refractivity contribution in [2.45, 2.75) is 46.5 Å². The molecule has 0 aliphatic heterocycles. The minimum Gasteiger partial charge on any atom is -0.456 e. The summed E-state index contributed by atoms with van der Waals surface area (Å²) in [6.45, 7) is 9.97. The van der Waals surface area contributed by atoms with Crippen LogP contribution in [0.3, 0.4) is 0 Å². The van der Waals surface area contributed by atoms with Gasteiger partial charge in [0.25, 0.3) is 11.8 Å². The number of benzene rings is 2. The highest BCUT2D eigenvalue weighted by atomic mass is 16.5. The molecule has 0 saturated carbocycles. The van der Waals surface area contributed by atoms with Crippen LogP contribution in [0.5, 0.6) is 0 Å². The lowest BCUT2D eigenvalue weighted by Gasteiger charge is -2.19. The number of anilines is 1. The lowest BCUT2D eigenvalue weighted by molar-refractivity contribution is -0.147. The molecule has 30 heavy (non-hydrogen) atoms. The van der Waals surface area contributed by atoms with E-state index < -0.39 is 11.9 Å². The molecule has 0 aliphatic carbocycles. The molecule has 0 radical (unpaired) electrons. The van der Waals surface area contributed by atoms with Gasteiger partial charge in [0.05, 0.1) is 6.42 Å². The van der Waals surface area contributed by atoms with Crippen LogP contribution in [0.1, 0.15) is 54.2 Å². The van der Waals surface area contributed by atoms with E-state index in [2.05, 4.69) is 31.4 Å². The summed E-state index contributed by atoms with van der Waals surface area (Å²) in [6, 6.07) is 13.1. The Balaban J connectivity index is 1.71. The van der Waals surface area contributed by atoms with Gasteiger partial charge in [0.2, 0.25) is 0 Å². The van der Waals surface area contributed by atoms with Crippen molar-refractivity contribution in [3.8, 4) is 0 Å². The molecule has 2 aromatic carbocycles. The summed E-state index contributed by atoms with van der Waals surface area (Å²) in [5, 5.41) is 5.39. The summed E-state index contributed by atoms with van der Waals surface area (Å²) in [6.07, 6.45) is -0.0113.